The number of halogens is 1. The van der Waals surface area contributed by atoms with Crippen LogP contribution in [0, 0.1) is 0 Å². The Morgan fingerprint density at radius 2 is 1.88 bits per heavy atom. The number of nitrogens with one attached hydrogen (secondary N) is 2. The van der Waals surface area contributed by atoms with E-state index in [0.717, 1.165) is 32.4 Å². The van der Waals surface area contributed by atoms with Crippen molar-refractivity contribution >= 4 is 30.0 Å². The van der Waals surface area contributed by atoms with Gasteiger partial charge in [-0.2, -0.15) is 0 Å². The molecule has 184 valence electrons. The summed E-state index contributed by atoms with van der Waals surface area (Å²) in [6.45, 7) is 5.39. The third-order valence-corrected chi connectivity index (χ3v) is 6.37. The van der Waals surface area contributed by atoms with E-state index in [-0.39, 0.29) is 42.5 Å². The van der Waals surface area contributed by atoms with E-state index in [9.17, 15) is 14.7 Å². The number of hydrogen-bond acceptors (Lipinski definition) is 7. The first-order valence-corrected chi connectivity index (χ1v) is 11.6. The Labute approximate surface area is 206 Å². The molecule has 1 atom stereocenters. The quantitative estimate of drug-likeness (QED) is 0.541. The van der Waals surface area contributed by atoms with Crippen LogP contribution >= 0.6 is 12.4 Å². The average Bonchev–Trinajstić information content (AvgIpc) is 2.83. The second-order valence-electron chi connectivity index (χ2n) is 8.83. The summed E-state index contributed by atoms with van der Waals surface area (Å²) in [5.74, 6) is 0.348. The molecular weight excluding hydrogens is 456 g/mol. The van der Waals surface area contributed by atoms with E-state index >= 15 is 0 Å². The maximum absolute atomic E-state index is 12.6. The van der Waals surface area contributed by atoms with Crippen molar-refractivity contribution < 1.29 is 14.7 Å². The summed E-state index contributed by atoms with van der Waals surface area (Å²) in [6, 6.07) is 10.2. The minimum Gasteiger partial charge on any atom is -0.390 e. The lowest BCUT2D eigenvalue weighted by molar-refractivity contribution is -0.129. The van der Waals surface area contributed by atoms with Crippen molar-refractivity contribution in [3.8, 4) is 0 Å². The third-order valence-electron chi connectivity index (χ3n) is 6.37. The summed E-state index contributed by atoms with van der Waals surface area (Å²) in [5, 5.41) is 16.6. The maximum atomic E-state index is 12.6. The Morgan fingerprint density at radius 3 is 2.62 bits per heavy atom. The molecule has 3 heterocycles. The van der Waals surface area contributed by atoms with E-state index in [1.807, 2.05) is 11.0 Å². The Hall–Kier alpha value is -2.75. The number of amides is 2. The van der Waals surface area contributed by atoms with Crippen LogP contribution in [0.4, 0.5) is 5.82 Å². The zero-order chi connectivity index (χ0) is 23.2. The van der Waals surface area contributed by atoms with E-state index in [1.54, 1.807) is 13.0 Å². The van der Waals surface area contributed by atoms with Gasteiger partial charge in [-0.25, -0.2) is 9.97 Å². The lowest BCUT2D eigenvalue weighted by atomic mass is 10.00. The topological polar surface area (TPSA) is 111 Å². The van der Waals surface area contributed by atoms with Gasteiger partial charge in [0, 0.05) is 58.3 Å². The molecule has 0 saturated carbocycles. The van der Waals surface area contributed by atoms with Crippen LogP contribution in [0.2, 0.25) is 0 Å². The number of hydrogen-bond donors (Lipinski definition) is 3. The molecule has 0 spiro atoms. The minimum atomic E-state index is -0.662. The molecule has 0 unspecified atom stereocenters. The fourth-order valence-electron chi connectivity index (χ4n) is 4.48. The molecule has 0 bridgehead atoms. The van der Waals surface area contributed by atoms with E-state index in [2.05, 4.69) is 43.7 Å². The number of rotatable bonds is 7. The number of benzene rings is 1. The summed E-state index contributed by atoms with van der Waals surface area (Å²) in [6.07, 6.45) is 3.34. The first-order valence-electron chi connectivity index (χ1n) is 11.6. The fourth-order valence-corrected chi connectivity index (χ4v) is 4.48. The van der Waals surface area contributed by atoms with Crippen molar-refractivity contribution in [1.29, 1.82) is 0 Å². The molecule has 4 rings (SSSR count). The molecule has 10 heteroatoms. The van der Waals surface area contributed by atoms with Crippen molar-refractivity contribution in [3.63, 3.8) is 0 Å². The van der Waals surface area contributed by atoms with Crippen LogP contribution in [-0.4, -0.2) is 81.6 Å². The number of likely N-dealkylation sites (tertiary alicyclic amines) is 1. The monoisotopic (exact) mass is 488 g/mol. The van der Waals surface area contributed by atoms with Crippen LogP contribution in [0.5, 0.6) is 0 Å². The van der Waals surface area contributed by atoms with E-state index in [0.29, 0.717) is 25.5 Å². The standard InChI is InChI=1S/C24H32N6O3.ClH/c1-17(31)30-10-7-20(8-11-30)28-23-12-22(26-16-27-23)24(33)25-13-21(32)15-29-9-6-18-4-2-3-5-19(18)14-29;/h2-5,12,16,20-21,32H,6-11,13-15H2,1H3,(H,25,33)(H,26,27,28);1H/t21-;/m0./s1. The third kappa shape index (κ3) is 6.88. The number of β-amino-alcohol motifs (C(OH)–C–C–N with tert-alkyl or cyclic N) is 1. The van der Waals surface area contributed by atoms with Crippen LogP contribution in [0.15, 0.2) is 36.7 Å². The summed E-state index contributed by atoms with van der Waals surface area (Å²) < 4.78 is 0. The van der Waals surface area contributed by atoms with E-state index in [1.165, 1.54) is 17.5 Å². The van der Waals surface area contributed by atoms with Crippen LogP contribution < -0.4 is 10.6 Å². The van der Waals surface area contributed by atoms with Gasteiger partial charge in [0.2, 0.25) is 5.91 Å². The summed E-state index contributed by atoms with van der Waals surface area (Å²) in [4.78, 5) is 36.4. The van der Waals surface area contributed by atoms with Crippen molar-refractivity contribution in [2.24, 2.45) is 0 Å². The number of anilines is 1. The number of aromatic nitrogens is 2. The molecule has 2 aromatic rings. The lowest BCUT2D eigenvalue weighted by Crippen LogP contribution is -2.42. The van der Waals surface area contributed by atoms with Gasteiger partial charge in [0.25, 0.3) is 5.91 Å². The van der Waals surface area contributed by atoms with Gasteiger partial charge in [-0.15, -0.1) is 12.4 Å². The van der Waals surface area contributed by atoms with Gasteiger partial charge >= 0.3 is 0 Å². The lowest BCUT2D eigenvalue weighted by Gasteiger charge is -2.31. The summed E-state index contributed by atoms with van der Waals surface area (Å²) in [7, 11) is 0. The Bertz CT molecular complexity index is 983. The molecule has 0 aliphatic carbocycles. The molecule has 1 saturated heterocycles. The highest BCUT2D eigenvalue weighted by Gasteiger charge is 2.22. The molecule has 2 amide bonds. The fraction of sp³-hybridized carbons (Fsp3) is 0.500. The number of aliphatic hydroxyl groups is 1. The first-order chi connectivity index (χ1) is 16.0. The predicted octanol–water partition coefficient (Wildman–Crippen LogP) is 1.47. The number of fused-ring (bicyclic) bond motifs is 1. The van der Waals surface area contributed by atoms with Crippen LogP contribution in [-0.2, 0) is 17.8 Å². The molecule has 3 N–H and O–H groups in total. The van der Waals surface area contributed by atoms with Gasteiger partial charge in [-0.05, 0) is 30.4 Å². The van der Waals surface area contributed by atoms with Gasteiger partial charge in [0.15, 0.2) is 0 Å². The molecule has 34 heavy (non-hydrogen) atoms. The maximum Gasteiger partial charge on any atom is 0.270 e. The average molecular weight is 489 g/mol. The zero-order valence-electron chi connectivity index (χ0n) is 19.4. The highest BCUT2D eigenvalue weighted by Crippen LogP contribution is 2.18. The molecule has 1 aromatic carbocycles. The zero-order valence-corrected chi connectivity index (χ0v) is 20.3. The number of carbonyl (C=O) groups excluding carboxylic acids is 2. The van der Waals surface area contributed by atoms with Crippen LogP contribution in [0.1, 0.15) is 41.4 Å². The Balaban J connectivity index is 0.00000324. The SMILES string of the molecule is CC(=O)N1CCC(Nc2cc(C(=O)NC[C@H](O)CN3CCc4ccccc4C3)ncn2)CC1.Cl. The molecule has 1 fully saturated rings. The normalized spacial score (nSPS) is 17.3. The second-order valence-corrected chi connectivity index (χ2v) is 8.83. The number of piperidine rings is 1. The number of carbonyl (C=O) groups is 2. The predicted molar refractivity (Wildman–Crippen MR) is 132 cm³/mol. The van der Waals surface area contributed by atoms with Gasteiger partial charge in [-0.1, -0.05) is 24.3 Å². The Kier molecular flexibility index (Phi) is 9.20. The molecule has 1 aromatic heterocycles. The van der Waals surface area contributed by atoms with E-state index < -0.39 is 6.10 Å². The van der Waals surface area contributed by atoms with Crippen molar-refractivity contribution in [1.82, 2.24) is 25.1 Å². The van der Waals surface area contributed by atoms with Gasteiger partial charge in [0.05, 0.1) is 6.10 Å². The molecule has 2 aliphatic heterocycles. The number of nitrogens with zero attached hydrogens (tertiary/aromatic N) is 4. The highest BCUT2D eigenvalue weighted by molar-refractivity contribution is 5.92. The molecule has 0 radical (unpaired) electrons. The number of aliphatic hydroxyl groups excluding tert-OH is 1. The molecule has 9 nitrogen and oxygen atoms in total. The van der Waals surface area contributed by atoms with Crippen molar-refractivity contribution in [2.75, 3.05) is 38.0 Å². The van der Waals surface area contributed by atoms with Gasteiger partial charge in [-0.3, -0.25) is 14.5 Å². The van der Waals surface area contributed by atoms with Gasteiger partial charge < -0.3 is 20.6 Å². The highest BCUT2D eigenvalue weighted by atomic mass is 35.5. The van der Waals surface area contributed by atoms with Crippen molar-refractivity contribution in [3.05, 3.63) is 53.5 Å². The largest absolute Gasteiger partial charge is 0.390 e. The minimum absolute atomic E-state index is 0. The van der Waals surface area contributed by atoms with E-state index in [4.69, 9.17) is 0 Å². The smallest absolute Gasteiger partial charge is 0.270 e. The van der Waals surface area contributed by atoms with Crippen molar-refractivity contribution in [2.45, 2.75) is 44.9 Å². The van der Waals surface area contributed by atoms with Crippen LogP contribution in [0.25, 0.3) is 0 Å². The molecule has 2 aliphatic rings. The van der Waals surface area contributed by atoms with Gasteiger partial charge in [0.1, 0.15) is 17.8 Å². The Morgan fingerprint density at radius 1 is 1.15 bits per heavy atom. The van der Waals surface area contributed by atoms with Crippen LogP contribution in [0.3, 0.4) is 0 Å². The summed E-state index contributed by atoms with van der Waals surface area (Å²) >= 11 is 0. The molecular formula is C24H33ClN6O3. The summed E-state index contributed by atoms with van der Waals surface area (Å²) in [5.41, 5.74) is 2.93. The first kappa shape index (κ1) is 25.9. The second kappa shape index (κ2) is 12.1.